The van der Waals surface area contributed by atoms with Gasteiger partial charge in [0.25, 0.3) is 5.69 Å². The lowest BCUT2D eigenvalue weighted by molar-refractivity contribution is -0.385. The molecule has 172 valence electrons. The molecule has 0 saturated carbocycles. The number of nitro benzene ring substituents is 1. The Bertz CT molecular complexity index is 1270. The maximum atomic E-state index is 13.1. The molecule has 0 bridgehead atoms. The summed E-state index contributed by atoms with van der Waals surface area (Å²) < 4.78 is 28.9. The van der Waals surface area contributed by atoms with Crippen LogP contribution in [0, 0.1) is 17.0 Å². The van der Waals surface area contributed by atoms with Crippen molar-refractivity contribution < 1.29 is 18.1 Å². The first kappa shape index (κ1) is 22.5. The predicted molar refractivity (Wildman–Crippen MR) is 116 cm³/mol. The number of nitro groups is 1. The molecule has 0 atom stereocenters. The third-order valence-electron chi connectivity index (χ3n) is 5.50. The molecule has 2 heterocycles. The van der Waals surface area contributed by atoms with Gasteiger partial charge in [0, 0.05) is 38.3 Å². The number of carbonyl (C=O) groups is 1. The van der Waals surface area contributed by atoms with Crippen LogP contribution in [0.3, 0.4) is 0 Å². The van der Waals surface area contributed by atoms with Crippen molar-refractivity contribution in [1.29, 1.82) is 0 Å². The zero-order valence-electron chi connectivity index (χ0n) is 17.7. The minimum Gasteiger partial charge on any atom is -0.340 e. The lowest BCUT2D eigenvalue weighted by Crippen LogP contribution is -2.50. The van der Waals surface area contributed by atoms with Crippen LogP contribution >= 0.6 is 0 Å². The van der Waals surface area contributed by atoms with E-state index in [4.69, 9.17) is 0 Å². The number of sulfonamides is 1. The maximum absolute atomic E-state index is 13.1. The van der Waals surface area contributed by atoms with E-state index in [1.807, 2.05) is 24.3 Å². The molecule has 0 N–H and O–H groups in total. The van der Waals surface area contributed by atoms with E-state index in [1.165, 1.54) is 27.4 Å². The number of aryl methyl sites for hydroxylation is 1. The van der Waals surface area contributed by atoms with Crippen molar-refractivity contribution in [3.63, 3.8) is 0 Å². The van der Waals surface area contributed by atoms with Crippen LogP contribution in [0.5, 0.6) is 0 Å². The number of hydrogen-bond donors (Lipinski definition) is 0. The lowest BCUT2D eigenvalue weighted by atomic mass is 10.1. The fourth-order valence-electron chi connectivity index (χ4n) is 3.63. The predicted octanol–water partition coefficient (Wildman–Crippen LogP) is 0.955. The summed E-state index contributed by atoms with van der Waals surface area (Å²) in [6.07, 6.45) is 1.66. The molecule has 0 spiro atoms. The normalized spacial score (nSPS) is 14.9. The Kier molecular flexibility index (Phi) is 6.16. The van der Waals surface area contributed by atoms with Crippen molar-refractivity contribution in [2.24, 2.45) is 0 Å². The molecule has 4 rings (SSSR count). The van der Waals surface area contributed by atoms with Gasteiger partial charge in [0.15, 0.2) is 0 Å². The van der Waals surface area contributed by atoms with E-state index in [0.29, 0.717) is 5.56 Å². The van der Waals surface area contributed by atoms with Crippen molar-refractivity contribution in [2.45, 2.75) is 18.2 Å². The molecule has 0 unspecified atom stereocenters. The first-order valence-electron chi connectivity index (χ1n) is 10.1. The van der Waals surface area contributed by atoms with Gasteiger partial charge in [-0.1, -0.05) is 18.2 Å². The summed E-state index contributed by atoms with van der Waals surface area (Å²) in [6, 6.07) is 11.0. The van der Waals surface area contributed by atoms with Gasteiger partial charge < -0.3 is 4.90 Å². The fourth-order valence-corrected chi connectivity index (χ4v) is 5.30. The van der Waals surface area contributed by atoms with E-state index < -0.39 is 14.9 Å². The molecule has 1 aromatic heterocycles. The first-order chi connectivity index (χ1) is 15.8. The summed E-state index contributed by atoms with van der Waals surface area (Å²) in [5.74, 6) is -0.103. The molecule has 33 heavy (non-hydrogen) atoms. The number of benzene rings is 2. The molecule has 1 fully saturated rings. The molecule has 12 nitrogen and oxygen atoms in total. The monoisotopic (exact) mass is 471 g/mol. The zero-order chi connectivity index (χ0) is 23.6. The Labute approximate surface area is 189 Å². The first-order valence-corrected chi connectivity index (χ1v) is 11.5. The number of tetrazole rings is 1. The molecule has 1 aliphatic heterocycles. The van der Waals surface area contributed by atoms with Gasteiger partial charge in [0.2, 0.25) is 15.9 Å². The summed E-state index contributed by atoms with van der Waals surface area (Å²) in [5, 5.41) is 22.0. The van der Waals surface area contributed by atoms with Crippen molar-refractivity contribution in [3.8, 4) is 5.69 Å². The highest BCUT2D eigenvalue weighted by Gasteiger charge is 2.32. The standard InChI is InChI=1S/C20H21N7O5S/c1-15-2-5-18(27(29)30)13-19(15)33(31,32)25-10-8-24(9-11-25)20(28)12-16-3-6-17(7-4-16)26-14-21-22-23-26/h2-7,13-14H,8-12H2,1H3. The maximum Gasteiger partial charge on any atom is 0.270 e. The smallest absolute Gasteiger partial charge is 0.270 e. The number of hydrogen-bond acceptors (Lipinski definition) is 8. The molecular formula is C20H21N7O5S. The summed E-state index contributed by atoms with van der Waals surface area (Å²) in [6.45, 7) is 2.33. The number of nitrogens with zero attached hydrogens (tertiary/aromatic N) is 7. The van der Waals surface area contributed by atoms with Gasteiger partial charge in [-0.2, -0.15) is 4.31 Å². The van der Waals surface area contributed by atoms with Crippen LogP contribution in [0.4, 0.5) is 5.69 Å². The van der Waals surface area contributed by atoms with E-state index >= 15 is 0 Å². The molecule has 1 saturated heterocycles. The second-order valence-electron chi connectivity index (χ2n) is 7.59. The number of non-ortho nitro benzene ring substituents is 1. The minimum absolute atomic E-state index is 0.0841. The highest BCUT2D eigenvalue weighted by Crippen LogP contribution is 2.25. The number of rotatable bonds is 6. The number of aromatic nitrogens is 4. The molecule has 1 aliphatic rings. The second kappa shape index (κ2) is 9.03. The van der Waals surface area contributed by atoms with Crippen molar-refractivity contribution in [2.75, 3.05) is 26.2 Å². The van der Waals surface area contributed by atoms with Gasteiger partial charge in [-0.15, -0.1) is 5.10 Å². The van der Waals surface area contributed by atoms with E-state index in [9.17, 15) is 23.3 Å². The molecule has 0 aliphatic carbocycles. The number of carbonyl (C=O) groups excluding carboxylic acids is 1. The summed E-state index contributed by atoms with van der Waals surface area (Å²) in [4.78, 5) is 24.7. The van der Waals surface area contributed by atoms with Gasteiger partial charge in [-0.05, 0) is 40.6 Å². The van der Waals surface area contributed by atoms with E-state index in [0.717, 1.165) is 17.3 Å². The fraction of sp³-hybridized carbons (Fsp3) is 0.300. The average molecular weight is 471 g/mol. The number of piperazine rings is 1. The van der Waals surface area contributed by atoms with Crippen LogP contribution < -0.4 is 0 Å². The van der Waals surface area contributed by atoms with Gasteiger partial charge in [-0.25, -0.2) is 13.1 Å². The summed E-state index contributed by atoms with van der Waals surface area (Å²) in [5.41, 5.74) is 1.74. The van der Waals surface area contributed by atoms with Gasteiger partial charge in [0.05, 0.1) is 21.9 Å². The van der Waals surface area contributed by atoms with Crippen LogP contribution in [0.25, 0.3) is 5.69 Å². The lowest BCUT2D eigenvalue weighted by Gasteiger charge is -2.34. The Hall–Kier alpha value is -3.71. The Morgan fingerprint density at radius 3 is 2.39 bits per heavy atom. The summed E-state index contributed by atoms with van der Waals surface area (Å²) >= 11 is 0. The minimum atomic E-state index is -3.91. The molecule has 3 aromatic rings. The van der Waals surface area contributed by atoms with Crippen molar-refractivity contribution in [1.82, 2.24) is 29.4 Å². The Morgan fingerprint density at radius 1 is 1.09 bits per heavy atom. The van der Waals surface area contributed by atoms with Crippen LogP contribution in [0.1, 0.15) is 11.1 Å². The molecule has 13 heteroatoms. The van der Waals surface area contributed by atoms with Crippen LogP contribution in [0.15, 0.2) is 53.7 Å². The average Bonchev–Trinajstić information content (AvgIpc) is 3.34. The van der Waals surface area contributed by atoms with Gasteiger partial charge >= 0.3 is 0 Å². The SMILES string of the molecule is Cc1ccc([N+](=O)[O-])cc1S(=O)(=O)N1CCN(C(=O)Cc2ccc(-n3cnnn3)cc2)CC1. The van der Waals surface area contributed by atoms with Gasteiger partial charge in [-0.3, -0.25) is 14.9 Å². The van der Waals surface area contributed by atoms with Crippen LogP contribution in [0.2, 0.25) is 0 Å². The third-order valence-corrected chi connectivity index (χ3v) is 7.54. The molecular weight excluding hydrogens is 450 g/mol. The topological polar surface area (TPSA) is 144 Å². The van der Waals surface area contributed by atoms with E-state index in [1.54, 1.807) is 11.8 Å². The number of amides is 1. The molecule has 1 amide bonds. The van der Waals surface area contributed by atoms with E-state index in [-0.39, 0.29) is 49.1 Å². The molecule has 0 radical (unpaired) electrons. The summed E-state index contributed by atoms with van der Waals surface area (Å²) in [7, 11) is -3.91. The van der Waals surface area contributed by atoms with Gasteiger partial charge in [0.1, 0.15) is 6.33 Å². The Morgan fingerprint density at radius 2 is 1.79 bits per heavy atom. The molecule has 2 aromatic carbocycles. The van der Waals surface area contributed by atoms with Crippen molar-refractivity contribution in [3.05, 3.63) is 70.0 Å². The second-order valence-corrected chi connectivity index (χ2v) is 9.50. The highest BCUT2D eigenvalue weighted by atomic mass is 32.2. The zero-order valence-corrected chi connectivity index (χ0v) is 18.6. The van der Waals surface area contributed by atoms with E-state index in [2.05, 4.69) is 15.5 Å². The Balaban J connectivity index is 1.39. The van der Waals surface area contributed by atoms with Crippen molar-refractivity contribution >= 4 is 21.6 Å². The third kappa shape index (κ3) is 4.73. The van der Waals surface area contributed by atoms with Crippen LogP contribution in [-0.2, 0) is 21.2 Å². The largest absolute Gasteiger partial charge is 0.340 e. The highest BCUT2D eigenvalue weighted by molar-refractivity contribution is 7.89. The quantitative estimate of drug-likeness (QED) is 0.382. The van der Waals surface area contributed by atoms with Crippen LogP contribution in [-0.4, -0.2) is 74.8 Å².